The van der Waals surface area contributed by atoms with Crippen LogP contribution in [0.2, 0.25) is 0 Å². The Kier molecular flexibility index (Phi) is 5.68. The number of amides is 2. The van der Waals surface area contributed by atoms with Crippen LogP contribution in [-0.4, -0.2) is 31.9 Å². The maximum atomic E-state index is 12.2. The van der Waals surface area contributed by atoms with Gasteiger partial charge in [-0.2, -0.15) is 0 Å². The van der Waals surface area contributed by atoms with Gasteiger partial charge in [0.15, 0.2) is 11.5 Å². The van der Waals surface area contributed by atoms with Crippen LogP contribution in [-0.2, 0) is 12.1 Å². The molecule has 0 saturated heterocycles. The Morgan fingerprint density at radius 1 is 1.23 bits per heavy atom. The summed E-state index contributed by atoms with van der Waals surface area (Å²) in [6.07, 6.45) is 1.98. The van der Waals surface area contributed by atoms with Crippen molar-refractivity contribution in [1.82, 2.24) is 10.6 Å². The van der Waals surface area contributed by atoms with Crippen molar-refractivity contribution in [2.24, 2.45) is 5.92 Å². The molecule has 1 saturated carbocycles. The minimum absolute atomic E-state index is 0.204. The van der Waals surface area contributed by atoms with E-state index in [4.69, 9.17) is 9.47 Å². The number of ether oxygens (including phenoxy) is 2. The Morgan fingerprint density at radius 2 is 2.00 bits per heavy atom. The van der Waals surface area contributed by atoms with Crippen LogP contribution in [0.5, 0.6) is 11.5 Å². The molecule has 0 bridgehead atoms. The van der Waals surface area contributed by atoms with Crippen molar-refractivity contribution >= 4 is 17.4 Å². The number of thiophene rings is 1. The van der Waals surface area contributed by atoms with E-state index in [2.05, 4.69) is 10.6 Å². The first-order chi connectivity index (χ1) is 12.6. The third-order valence-corrected chi connectivity index (χ3v) is 5.66. The highest BCUT2D eigenvalue weighted by Crippen LogP contribution is 2.46. The van der Waals surface area contributed by atoms with E-state index in [1.54, 1.807) is 20.3 Å². The van der Waals surface area contributed by atoms with E-state index in [0.29, 0.717) is 18.0 Å². The lowest BCUT2D eigenvalue weighted by Crippen LogP contribution is -2.45. The summed E-state index contributed by atoms with van der Waals surface area (Å²) < 4.78 is 10.5. The van der Waals surface area contributed by atoms with Crippen LogP contribution in [0.4, 0.5) is 4.79 Å². The standard InChI is InChI=1S/C19H24N2O4S/c1-24-15-8-5-13(10-16(15)25-2)11-20-18(22)21-12-19(23,14-6-7-14)17-4-3-9-26-17/h3-5,8-10,14,23H,6-7,11-12H2,1-2H3,(H2,20,21,22). The lowest BCUT2D eigenvalue weighted by Gasteiger charge is -2.27. The summed E-state index contributed by atoms with van der Waals surface area (Å²) >= 11 is 1.52. The summed E-state index contributed by atoms with van der Waals surface area (Å²) in [6.45, 7) is 0.559. The van der Waals surface area contributed by atoms with Crippen LogP contribution in [0.25, 0.3) is 0 Å². The van der Waals surface area contributed by atoms with E-state index in [-0.39, 0.29) is 18.5 Å². The Hall–Kier alpha value is -2.25. The number of carbonyl (C=O) groups excluding carboxylic acids is 1. The van der Waals surface area contributed by atoms with Gasteiger partial charge in [0, 0.05) is 11.4 Å². The second kappa shape index (κ2) is 7.97. The van der Waals surface area contributed by atoms with Crippen molar-refractivity contribution in [1.29, 1.82) is 0 Å². The van der Waals surface area contributed by atoms with Crippen LogP contribution >= 0.6 is 11.3 Å². The second-order valence-electron chi connectivity index (χ2n) is 6.40. The third kappa shape index (κ3) is 4.11. The van der Waals surface area contributed by atoms with Crippen molar-refractivity contribution in [3.63, 3.8) is 0 Å². The van der Waals surface area contributed by atoms with Gasteiger partial charge < -0.3 is 25.2 Å². The summed E-state index contributed by atoms with van der Waals surface area (Å²) in [4.78, 5) is 13.1. The molecule has 140 valence electrons. The van der Waals surface area contributed by atoms with Gasteiger partial charge in [0.1, 0.15) is 5.60 Å². The van der Waals surface area contributed by atoms with E-state index in [0.717, 1.165) is 23.3 Å². The third-order valence-electron chi connectivity index (χ3n) is 4.62. The molecule has 0 spiro atoms. The molecule has 7 heteroatoms. The summed E-state index contributed by atoms with van der Waals surface area (Å²) in [7, 11) is 3.16. The Balaban J connectivity index is 1.54. The predicted molar refractivity (Wildman–Crippen MR) is 101 cm³/mol. The number of hydrogen-bond donors (Lipinski definition) is 3. The number of carbonyl (C=O) groups is 1. The van der Waals surface area contributed by atoms with Gasteiger partial charge in [-0.25, -0.2) is 4.79 Å². The monoisotopic (exact) mass is 376 g/mol. The average molecular weight is 376 g/mol. The van der Waals surface area contributed by atoms with Gasteiger partial charge in [0.2, 0.25) is 0 Å². The maximum absolute atomic E-state index is 12.2. The molecule has 0 radical (unpaired) electrons. The number of methoxy groups -OCH3 is 2. The highest BCUT2D eigenvalue weighted by Gasteiger charge is 2.45. The molecule has 2 amide bonds. The highest BCUT2D eigenvalue weighted by molar-refractivity contribution is 7.10. The summed E-state index contributed by atoms with van der Waals surface area (Å²) in [5, 5.41) is 18.6. The van der Waals surface area contributed by atoms with E-state index in [9.17, 15) is 9.90 Å². The SMILES string of the molecule is COc1ccc(CNC(=O)NCC(O)(c2cccs2)C2CC2)cc1OC. The normalized spacial score (nSPS) is 15.8. The molecule has 3 rings (SSSR count). The van der Waals surface area contributed by atoms with Crippen LogP contribution in [0, 0.1) is 5.92 Å². The van der Waals surface area contributed by atoms with Crippen molar-refractivity contribution < 1.29 is 19.4 Å². The maximum Gasteiger partial charge on any atom is 0.315 e. The molecule has 1 aliphatic carbocycles. The highest BCUT2D eigenvalue weighted by atomic mass is 32.1. The molecule has 6 nitrogen and oxygen atoms in total. The summed E-state index contributed by atoms with van der Waals surface area (Å²) in [6, 6.07) is 9.03. The molecule has 26 heavy (non-hydrogen) atoms. The van der Waals surface area contributed by atoms with Crippen LogP contribution in [0.3, 0.4) is 0 Å². The molecule has 1 atom stereocenters. The molecule has 1 heterocycles. The molecule has 3 N–H and O–H groups in total. The first kappa shape index (κ1) is 18.5. The van der Waals surface area contributed by atoms with Crippen molar-refractivity contribution in [2.45, 2.75) is 25.0 Å². The first-order valence-corrected chi connectivity index (χ1v) is 9.43. The first-order valence-electron chi connectivity index (χ1n) is 8.56. The molecule has 1 unspecified atom stereocenters. The van der Waals surface area contributed by atoms with Gasteiger partial charge in [-0.3, -0.25) is 0 Å². The van der Waals surface area contributed by atoms with Crippen LogP contribution in [0.15, 0.2) is 35.7 Å². The number of benzene rings is 1. The van der Waals surface area contributed by atoms with Crippen LogP contribution < -0.4 is 20.1 Å². The van der Waals surface area contributed by atoms with Gasteiger partial charge in [-0.05, 0) is 47.9 Å². The fraction of sp³-hybridized carbons (Fsp3) is 0.421. The molecule has 1 aromatic carbocycles. The number of urea groups is 1. The number of hydrogen-bond acceptors (Lipinski definition) is 5. The van der Waals surface area contributed by atoms with Crippen LogP contribution in [0.1, 0.15) is 23.3 Å². The molecular weight excluding hydrogens is 352 g/mol. The van der Waals surface area contributed by atoms with E-state index < -0.39 is 5.60 Å². The number of rotatable bonds is 8. The lowest BCUT2D eigenvalue weighted by atomic mass is 9.96. The van der Waals surface area contributed by atoms with Crippen molar-refractivity contribution in [3.8, 4) is 11.5 Å². The molecule has 1 fully saturated rings. The fourth-order valence-corrected chi connectivity index (χ4v) is 3.87. The van der Waals surface area contributed by atoms with Gasteiger partial charge in [0.05, 0.1) is 20.8 Å². The fourth-order valence-electron chi connectivity index (χ4n) is 2.97. The van der Waals surface area contributed by atoms with Crippen molar-refractivity contribution in [3.05, 3.63) is 46.2 Å². The topological polar surface area (TPSA) is 79.8 Å². The smallest absolute Gasteiger partial charge is 0.315 e. The zero-order valence-electron chi connectivity index (χ0n) is 15.0. The number of aliphatic hydroxyl groups is 1. The lowest BCUT2D eigenvalue weighted by molar-refractivity contribution is 0.0196. The minimum Gasteiger partial charge on any atom is -0.493 e. The Morgan fingerprint density at radius 3 is 2.62 bits per heavy atom. The zero-order valence-corrected chi connectivity index (χ0v) is 15.8. The molecular formula is C19H24N2O4S. The molecule has 1 aliphatic rings. The summed E-state index contributed by atoms with van der Waals surface area (Å²) in [5.41, 5.74) is -0.0806. The van der Waals surface area contributed by atoms with Crippen molar-refractivity contribution in [2.75, 3.05) is 20.8 Å². The molecule has 1 aromatic heterocycles. The minimum atomic E-state index is -0.977. The average Bonchev–Trinajstić information content (AvgIpc) is 3.38. The van der Waals surface area contributed by atoms with Gasteiger partial charge in [-0.15, -0.1) is 11.3 Å². The molecule has 0 aliphatic heterocycles. The second-order valence-corrected chi connectivity index (χ2v) is 7.35. The van der Waals surface area contributed by atoms with E-state index >= 15 is 0 Å². The quantitative estimate of drug-likeness (QED) is 0.662. The zero-order chi connectivity index (χ0) is 18.6. The molecule has 2 aromatic rings. The Bertz CT molecular complexity index is 746. The van der Waals surface area contributed by atoms with Gasteiger partial charge in [0.25, 0.3) is 0 Å². The van der Waals surface area contributed by atoms with Gasteiger partial charge in [-0.1, -0.05) is 12.1 Å². The Labute approximate surface area is 157 Å². The van der Waals surface area contributed by atoms with Gasteiger partial charge >= 0.3 is 6.03 Å². The number of nitrogens with one attached hydrogen (secondary N) is 2. The summed E-state index contributed by atoms with van der Waals surface area (Å²) in [5.74, 6) is 1.48. The largest absolute Gasteiger partial charge is 0.493 e. The predicted octanol–water partition coefficient (Wildman–Crippen LogP) is 2.86. The van der Waals surface area contributed by atoms with E-state index in [1.807, 2.05) is 29.6 Å². The van der Waals surface area contributed by atoms with E-state index in [1.165, 1.54) is 11.3 Å².